The minimum Gasteiger partial charge on any atom is -0.508 e. The van der Waals surface area contributed by atoms with Crippen molar-refractivity contribution in [3.8, 4) is 17.0 Å². The Hall–Kier alpha value is -3.14. The van der Waals surface area contributed by atoms with Gasteiger partial charge in [-0.15, -0.1) is 0 Å². The first-order valence-electron chi connectivity index (χ1n) is 8.54. The van der Waals surface area contributed by atoms with E-state index in [4.69, 9.17) is 5.73 Å². The molecule has 1 amide bonds. The van der Waals surface area contributed by atoms with Gasteiger partial charge in [0.15, 0.2) is 11.3 Å². The van der Waals surface area contributed by atoms with Crippen LogP contribution in [0.15, 0.2) is 30.3 Å². The number of nitrogens with two attached hydrogens (primary N) is 1. The molecular formula is C18H16F3N5O2. The third-order valence-electron chi connectivity index (χ3n) is 4.70. The van der Waals surface area contributed by atoms with Crippen molar-refractivity contribution >= 4 is 16.9 Å². The molecule has 3 heterocycles. The Balaban J connectivity index is 1.91. The first-order chi connectivity index (χ1) is 13.2. The fourth-order valence-corrected chi connectivity index (χ4v) is 3.33. The van der Waals surface area contributed by atoms with Gasteiger partial charge in [-0.1, -0.05) is 0 Å². The lowest BCUT2D eigenvalue weighted by molar-refractivity contribution is -0.139. The highest BCUT2D eigenvalue weighted by molar-refractivity contribution is 6.07. The van der Waals surface area contributed by atoms with Crippen molar-refractivity contribution in [1.82, 2.24) is 20.1 Å². The fourth-order valence-electron chi connectivity index (χ4n) is 3.33. The van der Waals surface area contributed by atoms with Gasteiger partial charge < -0.3 is 15.7 Å². The largest absolute Gasteiger partial charge is 0.508 e. The molecule has 1 aliphatic rings. The van der Waals surface area contributed by atoms with Gasteiger partial charge in [0.05, 0.1) is 16.6 Å². The molecule has 1 atom stereocenters. The minimum absolute atomic E-state index is 0.0353. The number of likely N-dealkylation sites (tertiary alicyclic amines) is 1. The Morgan fingerprint density at radius 1 is 1.29 bits per heavy atom. The van der Waals surface area contributed by atoms with Crippen LogP contribution in [0.1, 0.15) is 22.5 Å². The van der Waals surface area contributed by atoms with Crippen molar-refractivity contribution in [3.05, 3.63) is 41.6 Å². The molecule has 10 heteroatoms. The van der Waals surface area contributed by atoms with Crippen LogP contribution < -0.4 is 5.73 Å². The maximum atomic E-state index is 13.4. The lowest BCUT2D eigenvalue weighted by Gasteiger charge is -2.17. The van der Waals surface area contributed by atoms with E-state index in [9.17, 15) is 23.1 Å². The Bertz CT molecular complexity index is 1050. The highest BCUT2D eigenvalue weighted by atomic mass is 19.4. The van der Waals surface area contributed by atoms with Gasteiger partial charge in [0, 0.05) is 24.7 Å². The standard InChI is InChI=1S/C18H16F3N5O2/c19-18(20,21)15-14-12(17(28)26-6-5-10(22)8-26)7-13(23-16(14)25-24-15)9-1-3-11(27)4-2-9/h1-4,7,10,27H,5-6,8,22H2,(H,23,24,25). The monoisotopic (exact) mass is 391 g/mol. The molecule has 0 spiro atoms. The number of hydrogen-bond acceptors (Lipinski definition) is 5. The summed E-state index contributed by atoms with van der Waals surface area (Å²) in [6.07, 6.45) is -4.15. The van der Waals surface area contributed by atoms with E-state index in [2.05, 4.69) is 15.2 Å². The number of aromatic amines is 1. The number of phenolic OH excluding ortho intramolecular Hbond substituents is 1. The highest BCUT2D eigenvalue weighted by Gasteiger charge is 2.39. The topological polar surface area (TPSA) is 108 Å². The number of H-pyrrole nitrogens is 1. The van der Waals surface area contributed by atoms with Crippen LogP contribution in [0.2, 0.25) is 0 Å². The van der Waals surface area contributed by atoms with E-state index in [1.54, 1.807) is 12.1 Å². The van der Waals surface area contributed by atoms with Crippen LogP contribution in [-0.2, 0) is 6.18 Å². The number of benzene rings is 1. The van der Waals surface area contributed by atoms with Gasteiger partial charge in [-0.25, -0.2) is 4.98 Å². The van der Waals surface area contributed by atoms with Crippen molar-refractivity contribution in [3.63, 3.8) is 0 Å². The second-order valence-electron chi connectivity index (χ2n) is 6.70. The van der Waals surface area contributed by atoms with Crippen LogP contribution in [0.3, 0.4) is 0 Å². The number of hydrogen-bond donors (Lipinski definition) is 3. The molecule has 0 radical (unpaired) electrons. The van der Waals surface area contributed by atoms with Crippen molar-refractivity contribution < 1.29 is 23.1 Å². The van der Waals surface area contributed by atoms with Gasteiger partial charge >= 0.3 is 6.18 Å². The average molecular weight is 391 g/mol. The molecule has 4 rings (SSSR count). The number of amides is 1. The predicted octanol–water partition coefficient (Wildman–Crippen LogP) is 2.52. The van der Waals surface area contributed by atoms with Crippen molar-refractivity contribution in [2.24, 2.45) is 5.73 Å². The summed E-state index contributed by atoms with van der Waals surface area (Å²) in [5.74, 6) is -0.514. The van der Waals surface area contributed by atoms with Crippen LogP contribution in [0.5, 0.6) is 5.75 Å². The van der Waals surface area contributed by atoms with Gasteiger partial charge in [0.25, 0.3) is 5.91 Å². The second kappa shape index (κ2) is 6.48. The number of aromatic nitrogens is 3. The number of fused-ring (bicyclic) bond motifs is 1. The third kappa shape index (κ3) is 3.15. The number of carbonyl (C=O) groups excluding carboxylic acids is 1. The number of pyridine rings is 1. The van der Waals surface area contributed by atoms with E-state index in [0.717, 1.165) is 0 Å². The van der Waals surface area contributed by atoms with Gasteiger partial charge in [-0.2, -0.15) is 18.3 Å². The molecule has 1 aliphatic heterocycles. The number of rotatable bonds is 2. The van der Waals surface area contributed by atoms with E-state index in [0.29, 0.717) is 18.5 Å². The summed E-state index contributed by atoms with van der Waals surface area (Å²) < 4.78 is 40.3. The van der Waals surface area contributed by atoms with E-state index in [1.807, 2.05) is 0 Å². The molecule has 28 heavy (non-hydrogen) atoms. The van der Waals surface area contributed by atoms with Crippen LogP contribution in [-0.4, -0.2) is 50.2 Å². The lowest BCUT2D eigenvalue weighted by Crippen LogP contribution is -2.32. The van der Waals surface area contributed by atoms with Gasteiger partial charge in [-0.05, 0) is 36.8 Å². The maximum absolute atomic E-state index is 13.4. The molecule has 146 valence electrons. The third-order valence-corrected chi connectivity index (χ3v) is 4.70. The van der Waals surface area contributed by atoms with E-state index < -0.39 is 17.8 Å². The zero-order valence-electron chi connectivity index (χ0n) is 14.5. The molecule has 1 unspecified atom stereocenters. The first-order valence-corrected chi connectivity index (χ1v) is 8.54. The number of carbonyl (C=O) groups is 1. The summed E-state index contributed by atoms with van der Waals surface area (Å²) >= 11 is 0. The summed E-state index contributed by atoms with van der Waals surface area (Å²) in [5, 5.41) is 14.7. The first kappa shape index (κ1) is 18.2. The van der Waals surface area contributed by atoms with Crippen molar-refractivity contribution in [2.45, 2.75) is 18.6 Å². The minimum atomic E-state index is -4.74. The van der Waals surface area contributed by atoms with Crippen molar-refractivity contribution in [1.29, 1.82) is 0 Å². The summed E-state index contributed by atoms with van der Waals surface area (Å²) in [6.45, 7) is 0.647. The van der Waals surface area contributed by atoms with Crippen LogP contribution >= 0.6 is 0 Å². The molecule has 0 aliphatic carbocycles. The van der Waals surface area contributed by atoms with Gasteiger partial charge in [0.1, 0.15) is 5.75 Å². The second-order valence-corrected chi connectivity index (χ2v) is 6.70. The molecule has 3 aromatic rings. The Morgan fingerprint density at radius 3 is 2.61 bits per heavy atom. The molecule has 1 saturated heterocycles. The van der Waals surface area contributed by atoms with E-state index >= 15 is 0 Å². The maximum Gasteiger partial charge on any atom is 0.435 e. The number of phenols is 1. The van der Waals surface area contributed by atoms with Crippen LogP contribution in [0, 0.1) is 0 Å². The summed E-state index contributed by atoms with van der Waals surface area (Å²) in [7, 11) is 0. The zero-order valence-corrected chi connectivity index (χ0v) is 14.5. The molecule has 1 aromatic carbocycles. The quantitative estimate of drug-likeness (QED) is 0.622. The molecule has 0 bridgehead atoms. The molecule has 1 fully saturated rings. The number of aromatic hydroxyl groups is 1. The Labute approximate surface area is 157 Å². The Kier molecular flexibility index (Phi) is 4.22. The summed E-state index contributed by atoms with van der Waals surface area (Å²) in [6, 6.07) is 7.09. The SMILES string of the molecule is NC1CCN(C(=O)c2cc(-c3ccc(O)cc3)nc3[nH]nc(C(F)(F)F)c23)C1. The number of nitrogens with one attached hydrogen (secondary N) is 1. The highest BCUT2D eigenvalue weighted by Crippen LogP contribution is 2.36. The molecular weight excluding hydrogens is 375 g/mol. The predicted molar refractivity (Wildman–Crippen MR) is 94.5 cm³/mol. The number of nitrogens with zero attached hydrogens (tertiary/aromatic N) is 3. The molecule has 4 N–H and O–H groups in total. The van der Waals surface area contributed by atoms with E-state index in [-0.39, 0.29) is 40.6 Å². The zero-order chi connectivity index (χ0) is 20.1. The number of alkyl halides is 3. The molecule has 2 aromatic heterocycles. The summed E-state index contributed by atoms with van der Waals surface area (Å²) in [4.78, 5) is 18.7. The smallest absolute Gasteiger partial charge is 0.435 e. The summed E-state index contributed by atoms with van der Waals surface area (Å²) in [5.41, 5.74) is 5.21. The van der Waals surface area contributed by atoms with Gasteiger partial charge in [0.2, 0.25) is 0 Å². The van der Waals surface area contributed by atoms with Crippen LogP contribution in [0.25, 0.3) is 22.3 Å². The molecule has 7 nitrogen and oxygen atoms in total. The lowest BCUT2D eigenvalue weighted by atomic mass is 10.0. The van der Waals surface area contributed by atoms with E-state index in [1.165, 1.54) is 23.1 Å². The fraction of sp³-hybridized carbons (Fsp3) is 0.278. The average Bonchev–Trinajstić information content (AvgIpc) is 3.27. The normalized spacial score (nSPS) is 17.4. The number of halogens is 3. The van der Waals surface area contributed by atoms with Gasteiger partial charge in [-0.3, -0.25) is 9.89 Å². The molecule has 0 saturated carbocycles. The van der Waals surface area contributed by atoms with Crippen molar-refractivity contribution in [2.75, 3.05) is 13.1 Å². The Morgan fingerprint density at radius 2 is 2.00 bits per heavy atom. The van der Waals surface area contributed by atoms with Crippen LogP contribution in [0.4, 0.5) is 13.2 Å².